The molecule has 3 nitrogen and oxygen atoms in total. The molecule has 5 aromatic rings. The fourth-order valence-electron chi connectivity index (χ4n) is 5.79. The average Bonchev–Trinajstić information content (AvgIpc) is 3.38. The van der Waals surface area contributed by atoms with E-state index in [4.69, 9.17) is 15.0 Å². The Bertz CT molecular complexity index is 1670. The lowest BCUT2D eigenvalue weighted by atomic mass is 9.78. The third-order valence-electron chi connectivity index (χ3n) is 7.26. The van der Waals surface area contributed by atoms with E-state index in [0.717, 1.165) is 37.5 Å². The molecule has 0 amide bonds. The van der Waals surface area contributed by atoms with Crippen LogP contribution in [-0.4, -0.2) is 15.0 Å². The van der Waals surface area contributed by atoms with Crippen LogP contribution in [0.2, 0.25) is 0 Å². The lowest BCUT2D eigenvalue weighted by molar-refractivity contribution is 1.13. The highest BCUT2D eigenvalue weighted by atomic mass is 79.9. The number of allylic oxidation sites excluding steroid dienone is 1. The fraction of sp³-hybridized carbons (Fsp3) is 0.0625. The van der Waals surface area contributed by atoms with E-state index in [2.05, 4.69) is 106 Å². The molecule has 0 atom stereocenters. The second kappa shape index (κ2) is 8.57. The lowest BCUT2D eigenvalue weighted by Crippen LogP contribution is -2.09. The van der Waals surface area contributed by atoms with E-state index in [1.807, 2.05) is 12.3 Å². The smallest absolute Gasteiger partial charge is 0.112 e. The zero-order valence-electron chi connectivity index (χ0n) is 20.2. The molecular formula is C32H20Br2N3. The number of fused-ring (bicyclic) bond motifs is 6. The third kappa shape index (κ3) is 3.41. The van der Waals surface area contributed by atoms with Gasteiger partial charge in [0.15, 0.2) is 0 Å². The summed E-state index contributed by atoms with van der Waals surface area (Å²) < 4.78 is 2.10. The number of aryl methyl sites for hydroxylation is 2. The zero-order valence-corrected chi connectivity index (χ0v) is 23.4. The Kier molecular flexibility index (Phi) is 5.27. The molecule has 2 aromatic heterocycles. The van der Waals surface area contributed by atoms with E-state index in [9.17, 15) is 0 Å². The molecule has 2 heterocycles. The molecule has 7 rings (SSSR count). The Morgan fingerprint density at radius 2 is 1.16 bits per heavy atom. The number of halogens is 2. The predicted octanol–water partition coefficient (Wildman–Crippen LogP) is 8.60. The molecule has 2 aliphatic rings. The summed E-state index contributed by atoms with van der Waals surface area (Å²) in [6.07, 6.45) is 5.36. The van der Waals surface area contributed by atoms with Crippen molar-refractivity contribution in [2.24, 2.45) is 0 Å². The van der Waals surface area contributed by atoms with Crippen LogP contribution in [0, 0.1) is 19.8 Å². The Hall–Kier alpha value is -3.41. The van der Waals surface area contributed by atoms with Crippen molar-refractivity contribution < 1.29 is 0 Å². The van der Waals surface area contributed by atoms with E-state index in [0.29, 0.717) is 0 Å². The van der Waals surface area contributed by atoms with Gasteiger partial charge in [-0.1, -0.05) is 68.3 Å². The monoisotopic (exact) mass is 604 g/mol. The fourth-order valence-corrected chi connectivity index (χ4v) is 6.51. The summed E-state index contributed by atoms with van der Waals surface area (Å²) in [4.78, 5) is 14.4. The van der Waals surface area contributed by atoms with Crippen LogP contribution in [0.4, 0.5) is 0 Å². The zero-order chi connectivity index (χ0) is 25.3. The van der Waals surface area contributed by atoms with Gasteiger partial charge in [-0.3, -0.25) is 15.0 Å². The highest BCUT2D eigenvalue weighted by molar-refractivity contribution is 9.10. The molecule has 0 spiro atoms. The Morgan fingerprint density at radius 1 is 0.568 bits per heavy atom. The van der Waals surface area contributed by atoms with Gasteiger partial charge in [0.1, 0.15) is 5.69 Å². The molecule has 2 aliphatic carbocycles. The molecule has 5 heteroatoms. The van der Waals surface area contributed by atoms with Crippen molar-refractivity contribution in [1.82, 2.24) is 15.0 Å². The van der Waals surface area contributed by atoms with Gasteiger partial charge in [0.25, 0.3) is 0 Å². The largest absolute Gasteiger partial charge is 0.256 e. The number of rotatable bonds is 2. The summed E-state index contributed by atoms with van der Waals surface area (Å²) in [6, 6.07) is 23.8. The molecule has 0 unspecified atom stereocenters. The molecule has 177 valence electrons. The number of nitrogens with zero attached hydrogens (tertiary/aromatic N) is 3. The van der Waals surface area contributed by atoms with Gasteiger partial charge in [-0.15, -0.1) is 0 Å². The molecule has 0 fully saturated rings. The molecule has 0 aliphatic heterocycles. The van der Waals surface area contributed by atoms with Crippen molar-refractivity contribution in [2.45, 2.75) is 13.8 Å². The van der Waals surface area contributed by atoms with E-state index < -0.39 is 0 Å². The number of benzene rings is 3. The van der Waals surface area contributed by atoms with Gasteiger partial charge >= 0.3 is 0 Å². The average molecular weight is 606 g/mol. The first-order valence-corrected chi connectivity index (χ1v) is 13.7. The van der Waals surface area contributed by atoms with E-state index in [1.165, 1.54) is 50.1 Å². The van der Waals surface area contributed by atoms with Crippen LogP contribution >= 0.6 is 31.9 Å². The van der Waals surface area contributed by atoms with E-state index in [1.54, 1.807) is 12.4 Å². The minimum Gasteiger partial charge on any atom is -0.256 e. The normalized spacial score (nSPS) is 13.2. The molecule has 0 saturated carbocycles. The Labute approximate surface area is 232 Å². The van der Waals surface area contributed by atoms with Gasteiger partial charge in [-0.05, 0) is 99.8 Å². The van der Waals surface area contributed by atoms with Gasteiger partial charge in [0.05, 0.1) is 17.3 Å². The summed E-state index contributed by atoms with van der Waals surface area (Å²) in [5, 5.41) is 0. The lowest BCUT2D eigenvalue weighted by Gasteiger charge is -2.24. The van der Waals surface area contributed by atoms with Crippen molar-refractivity contribution in [2.75, 3.05) is 0 Å². The first kappa shape index (κ1) is 22.8. The number of aromatic nitrogens is 3. The molecule has 0 bridgehead atoms. The minimum atomic E-state index is 0.833. The standard InChI is InChI=1S/C32H20Br2N3/c1-17-5-3-6-18(2)26(17)29(28-23-7-4-12-35-30(23)32-31(28)36-13-14-37-32)27-24-15-19(33)8-10-21(24)22-11-9-20(34)16-25(22)27/h3-16H,1-2H3. The molecule has 1 radical (unpaired) electrons. The van der Waals surface area contributed by atoms with Gasteiger partial charge in [0, 0.05) is 27.5 Å². The predicted molar refractivity (Wildman–Crippen MR) is 156 cm³/mol. The summed E-state index contributed by atoms with van der Waals surface area (Å²) in [5.74, 6) is 1.08. The van der Waals surface area contributed by atoms with Crippen molar-refractivity contribution in [1.29, 1.82) is 0 Å². The molecule has 0 N–H and O–H groups in total. The van der Waals surface area contributed by atoms with Crippen LogP contribution in [0.3, 0.4) is 0 Å². The van der Waals surface area contributed by atoms with Gasteiger partial charge in [-0.2, -0.15) is 0 Å². The van der Waals surface area contributed by atoms with Crippen molar-refractivity contribution in [3.63, 3.8) is 0 Å². The minimum absolute atomic E-state index is 0.833. The maximum Gasteiger partial charge on any atom is 0.112 e. The molecule has 37 heavy (non-hydrogen) atoms. The second-order valence-electron chi connectivity index (χ2n) is 9.42. The second-order valence-corrected chi connectivity index (χ2v) is 11.3. The molecule has 0 saturated heterocycles. The van der Waals surface area contributed by atoms with Crippen LogP contribution in [0.1, 0.15) is 39.1 Å². The van der Waals surface area contributed by atoms with Crippen molar-refractivity contribution in [3.8, 4) is 22.5 Å². The highest BCUT2D eigenvalue weighted by Crippen LogP contribution is 2.56. The van der Waals surface area contributed by atoms with Gasteiger partial charge < -0.3 is 0 Å². The van der Waals surface area contributed by atoms with Crippen molar-refractivity contribution >= 4 is 43.0 Å². The summed E-state index contributed by atoms with van der Waals surface area (Å²) in [5.41, 5.74) is 14.6. The summed E-state index contributed by atoms with van der Waals surface area (Å²) in [6.45, 7) is 4.39. The highest BCUT2D eigenvalue weighted by Gasteiger charge is 2.40. The SMILES string of the molecule is Cc1cccc(C)c1C([C]1c2cccnc2-c2nccnc21)=C1c2cc(Br)ccc2-c2ccc(Br)cc21. The van der Waals surface area contributed by atoms with Crippen molar-refractivity contribution in [3.05, 3.63) is 139 Å². The summed E-state index contributed by atoms with van der Waals surface area (Å²) in [7, 11) is 0. The van der Waals surface area contributed by atoms with Crippen LogP contribution in [0.25, 0.3) is 33.7 Å². The van der Waals surface area contributed by atoms with Gasteiger partial charge in [-0.25, -0.2) is 0 Å². The van der Waals surface area contributed by atoms with Gasteiger partial charge in [0.2, 0.25) is 0 Å². The Balaban J connectivity index is 1.69. The van der Waals surface area contributed by atoms with Crippen LogP contribution in [0.5, 0.6) is 0 Å². The van der Waals surface area contributed by atoms with Crippen LogP contribution in [-0.2, 0) is 0 Å². The maximum absolute atomic E-state index is 4.89. The quantitative estimate of drug-likeness (QED) is 0.198. The topological polar surface area (TPSA) is 38.7 Å². The number of hydrogen-bond acceptors (Lipinski definition) is 3. The first-order valence-electron chi connectivity index (χ1n) is 12.1. The van der Waals surface area contributed by atoms with E-state index >= 15 is 0 Å². The molecule has 3 aromatic carbocycles. The number of hydrogen-bond donors (Lipinski definition) is 0. The Morgan fingerprint density at radius 3 is 1.81 bits per heavy atom. The number of pyridine rings is 1. The van der Waals surface area contributed by atoms with Crippen LogP contribution in [0.15, 0.2) is 94.3 Å². The summed E-state index contributed by atoms with van der Waals surface area (Å²) >= 11 is 7.50. The maximum atomic E-state index is 4.89. The first-order chi connectivity index (χ1) is 18.0. The molecular weight excluding hydrogens is 586 g/mol. The van der Waals surface area contributed by atoms with E-state index in [-0.39, 0.29) is 0 Å². The van der Waals surface area contributed by atoms with Crippen LogP contribution < -0.4 is 0 Å². The third-order valence-corrected chi connectivity index (χ3v) is 8.25.